The van der Waals surface area contributed by atoms with Gasteiger partial charge in [0.25, 0.3) is 5.91 Å². The summed E-state index contributed by atoms with van der Waals surface area (Å²) in [5.74, 6) is 1.21. The zero-order valence-electron chi connectivity index (χ0n) is 13.4. The fourth-order valence-corrected chi connectivity index (χ4v) is 3.44. The monoisotopic (exact) mass is 334 g/mol. The normalized spacial score (nSPS) is 16.0. The molecule has 0 spiro atoms. The fourth-order valence-electron chi connectivity index (χ4n) is 2.75. The number of ether oxygens (including phenoxy) is 1. The molecule has 3 rings (SSSR count). The molecule has 0 radical (unpaired) electrons. The number of aromatic nitrogens is 2. The number of carbonyl (C=O) groups is 1. The molecule has 1 amide bonds. The lowest BCUT2D eigenvalue weighted by atomic mass is 10.3. The second kappa shape index (κ2) is 7.72. The second-order valence-electron chi connectivity index (χ2n) is 5.58. The molecule has 23 heavy (non-hydrogen) atoms. The van der Waals surface area contributed by atoms with E-state index in [0.717, 1.165) is 50.0 Å². The molecule has 0 aromatic carbocycles. The molecule has 2 aromatic rings. The Morgan fingerprint density at radius 3 is 2.87 bits per heavy atom. The maximum absolute atomic E-state index is 12.3. The van der Waals surface area contributed by atoms with Crippen molar-refractivity contribution in [1.29, 1.82) is 0 Å². The lowest BCUT2D eigenvalue weighted by molar-refractivity contribution is 0.0628. The van der Waals surface area contributed by atoms with Crippen LogP contribution in [0.2, 0.25) is 0 Å². The van der Waals surface area contributed by atoms with Crippen molar-refractivity contribution in [3.05, 3.63) is 40.6 Å². The minimum absolute atomic E-state index is 0.154. The van der Waals surface area contributed by atoms with Gasteiger partial charge in [-0.25, -0.2) is 4.98 Å². The highest BCUT2D eigenvalue weighted by Crippen LogP contribution is 2.14. The third kappa shape index (κ3) is 3.99. The van der Waals surface area contributed by atoms with Gasteiger partial charge in [-0.05, 0) is 11.4 Å². The molecule has 1 saturated heterocycles. The summed E-state index contributed by atoms with van der Waals surface area (Å²) in [5, 5.41) is 1.95. The summed E-state index contributed by atoms with van der Waals surface area (Å²) in [5.41, 5.74) is 0. The zero-order valence-corrected chi connectivity index (χ0v) is 14.2. The molecule has 124 valence electrons. The van der Waals surface area contributed by atoms with Crippen LogP contribution in [-0.4, -0.2) is 65.2 Å². The van der Waals surface area contributed by atoms with Crippen LogP contribution in [0.4, 0.5) is 0 Å². The zero-order chi connectivity index (χ0) is 16.1. The van der Waals surface area contributed by atoms with Crippen LogP contribution in [0.15, 0.2) is 29.9 Å². The van der Waals surface area contributed by atoms with Gasteiger partial charge in [-0.15, -0.1) is 11.3 Å². The van der Waals surface area contributed by atoms with Crippen molar-refractivity contribution in [1.82, 2.24) is 19.4 Å². The maximum Gasteiger partial charge on any atom is 0.264 e. The van der Waals surface area contributed by atoms with Crippen LogP contribution in [0.1, 0.15) is 15.5 Å². The molecule has 0 N–H and O–H groups in total. The van der Waals surface area contributed by atoms with E-state index in [1.165, 1.54) is 11.3 Å². The standard InChI is InChI=1S/C16H22N4O2S/c1-22-11-10-19-5-4-17-15(19)13-18-6-8-20(9-7-18)16(21)14-3-2-12-23-14/h2-5,12H,6-11,13H2,1H3. The largest absolute Gasteiger partial charge is 0.383 e. The predicted molar refractivity (Wildman–Crippen MR) is 89.6 cm³/mol. The molecule has 0 unspecified atom stereocenters. The van der Waals surface area contributed by atoms with Gasteiger partial charge in [-0.3, -0.25) is 9.69 Å². The van der Waals surface area contributed by atoms with E-state index in [1.807, 2.05) is 34.8 Å². The summed E-state index contributed by atoms with van der Waals surface area (Å²) in [7, 11) is 1.71. The summed E-state index contributed by atoms with van der Waals surface area (Å²) in [4.78, 5) is 21.9. The third-order valence-corrected chi connectivity index (χ3v) is 4.95. The van der Waals surface area contributed by atoms with E-state index in [-0.39, 0.29) is 5.91 Å². The van der Waals surface area contributed by atoms with Crippen molar-refractivity contribution >= 4 is 17.2 Å². The quantitative estimate of drug-likeness (QED) is 0.804. The topological polar surface area (TPSA) is 50.6 Å². The molecule has 1 aliphatic heterocycles. The Labute approximate surface area is 140 Å². The molecule has 1 fully saturated rings. The molecule has 7 heteroatoms. The van der Waals surface area contributed by atoms with Crippen LogP contribution in [0.5, 0.6) is 0 Å². The Bertz CT molecular complexity index is 618. The fraction of sp³-hybridized carbons (Fsp3) is 0.500. The molecule has 3 heterocycles. The minimum Gasteiger partial charge on any atom is -0.383 e. The van der Waals surface area contributed by atoms with Gasteiger partial charge in [0.05, 0.1) is 18.0 Å². The average Bonchev–Trinajstić information content (AvgIpc) is 3.25. The average molecular weight is 334 g/mol. The molecule has 1 aliphatic rings. The Balaban J connectivity index is 1.51. The van der Waals surface area contributed by atoms with Crippen molar-refractivity contribution in [2.24, 2.45) is 0 Å². The molecule has 6 nitrogen and oxygen atoms in total. The van der Waals surface area contributed by atoms with Crippen LogP contribution in [-0.2, 0) is 17.8 Å². The molecule has 0 atom stereocenters. The van der Waals surface area contributed by atoms with Crippen LogP contribution in [0, 0.1) is 0 Å². The molecule has 0 saturated carbocycles. The van der Waals surface area contributed by atoms with Crippen LogP contribution < -0.4 is 0 Å². The highest BCUT2D eigenvalue weighted by molar-refractivity contribution is 7.12. The van der Waals surface area contributed by atoms with Crippen LogP contribution >= 0.6 is 11.3 Å². The molecule has 2 aromatic heterocycles. The predicted octanol–water partition coefficient (Wildman–Crippen LogP) is 1.55. The lowest BCUT2D eigenvalue weighted by Crippen LogP contribution is -2.48. The summed E-state index contributed by atoms with van der Waals surface area (Å²) in [6.45, 7) is 5.64. The number of hydrogen-bond acceptors (Lipinski definition) is 5. The first kappa shape index (κ1) is 16.2. The Morgan fingerprint density at radius 1 is 1.35 bits per heavy atom. The van der Waals surface area contributed by atoms with Gasteiger partial charge < -0.3 is 14.2 Å². The number of imidazole rings is 1. The number of amides is 1. The molecular formula is C16H22N4O2S. The summed E-state index contributed by atoms with van der Waals surface area (Å²) in [6, 6.07) is 3.82. The summed E-state index contributed by atoms with van der Waals surface area (Å²) >= 11 is 1.51. The Hall–Kier alpha value is -1.70. The number of thiophene rings is 1. The third-order valence-electron chi connectivity index (χ3n) is 4.09. The number of rotatable bonds is 6. The minimum atomic E-state index is 0.154. The lowest BCUT2D eigenvalue weighted by Gasteiger charge is -2.34. The van der Waals surface area contributed by atoms with Crippen molar-refractivity contribution in [2.45, 2.75) is 13.1 Å². The van der Waals surface area contributed by atoms with E-state index < -0.39 is 0 Å². The van der Waals surface area contributed by atoms with Gasteiger partial charge in [0.1, 0.15) is 5.82 Å². The SMILES string of the molecule is COCCn1ccnc1CN1CCN(C(=O)c2cccs2)CC1. The Kier molecular flexibility index (Phi) is 5.43. The van der Waals surface area contributed by atoms with Gasteiger partial charge in [0.2, 0.25) is 0 Å². The maximum atomic E-state index is 12.3. The second-order valence-corrected chi connectivity index (χ2v) is 6.52. The van der Waals surface area contributed by atoms with Crippen molar-refractivity contribution < 1.29 is 9.53 Å². The highest BCUT2D eigenvalue weighted by atomic mass is 32.1. The van der Waals surface area contributed by atoms with E-state index in [1.54, 1.807) is 7.11 Å². The van der Waals surface area contributed by atoms with Crippen LogP contribution in [0.25, 0.3) is 0 Å². The molecule has 0 aliphatic carbocycles. The first-order chi connectivity index (χ1) is 11.3. The van der Waals surface area contributed by atoms with Gasteiger partial charge in [-0.2, -0.15) is 0 Å². The van der Waals surface area contributed by atoms with E-state index in [4.69, 9.17) is 4.74 Å². The van der Waals surface area contributed by atoms with E-state index in [9.17, 15) is 4.79 Å². The number of hydrogen-bond donors (Lipinski definition) is 0. The Morgan fingerprint density at radius 2 is 2.17 bits per heavy atom. The van der Waals surface area contributed by atoms with Gasteiger partial charge >= 0.3 is 0 Å². The number of piperazine rings is 1. The summed E-state index contributed by atoms with van der Waals surface area (Å²) in [6.07, 6.45) is 3.83. The van der Waals surface area contributed by atoms with Gasteiger partial charge in [-0.1, -0.05) is 6.07 Å². The number of methoxy groups -OCH3 is 1. The number of carbonyl (C=O) groups excluding carboxylic acids is 1. The highest BCUT2D eigenvalue weighted by Gasteiger charge is 2.23. The smallest absolute Gasteiger partial charge is 0.264 e. The molecule has 0 bridgehead atoms. The van der Waals surface area contributed by atoms with Crippen molar-refractivity contribution in [3.8, 4) is 0 Å². The molecular weight excluding hydrogens is 312 g/mol. The first-order valence-corrected chi connectivity index (χ1v) is 8.70. The van der Waals surface area contributed by atoms with Crippen molar-refractivity contribution in [2.75, 3.05) is 39.9 Å². The van der Waals surface area contributed by atoms with Gasteiger partial charge in [0, 0.05) is 52.2 Å². The van der Waals surface area contributed by atoms with E-state index >= 15 is 0 Å². The first-order valence-electron chi connectivity index (χ1n) is 7.82. The van der Waals surface area contributed by atoms with E-state index in [2.05, 4.69) is 14.5 Å². The summed E-state index contributed by atoms with van der Waals surface area (Å²) < 4.78 is 7.26. The van der Waals surface area contributed by atoms with E-state index in [0.29, 0.717) is 6.61 Å². The van der Waals surface area contributed by atoms with Crippen molar-refractivity contribution in [3.63, 3.8) is 0 Å². The van der Waals surface area contributed by atoms with Gasteiger partial charge in [0.15, 0.2) is 0 Å². The number of nitrogens with zero attached hydrogens (tertiary/aromatic N) is 4. The van der Waals surface area contributed by atoms with Crippen LogP contribution in [0.3, 0.4) is 0 Å².